The topological polar surface area (TPSA) is 36.9 Å². The number of rotatable bonds is 6. The van der Waals surface area contributed by atoms with Crippen LogP contribution >= 0.6 is 11.6 Å². The average molecular weight is 309 g/mol. The fourth-order valence-electron chi connectivity index (χ4n) is 1.99. The number of ether oxygens (including phenoxy) is 4. The lowest BCUT2D eigenvalue weighted by molar-refractivity contribution is 0.329. The molecular formula is C16H17ClO4. The minimum absolute atomic E-state index is 0.318. The van der Waals surface area contributed by atoms with Crippen LogP contribution in [0.15, 0.2) is 36.4 Å². The predicted molar refractivity (Wildman–Crippen MR) is 82.2 cm³/mol. The van der Waals surface area contributed by atoms with E-state index in [1.165, 1.54) is 0 Å². The predicted octanol–water partition coefficient (Wildman–Crippen LogP) is 4.24. The molecule has 0 spiro atoms. The third kappa shape index (κ3) is 3.16. The Balaban J connectivity index is 2.47. The maximum Gasteiger partial charge on any atom is 0.203 e. The first-order chi connectivity index (χ1) is 10.2. The molecule has 0 unspecified atom stereocenters. The van der Waals surface area contributed by atoms with E-state index in [9.17, 15) is 0 Å². The highest BCUT2D eigenvalue weighted by Crippen LogP contribution is 2.42. The summed E-state index contributed by atoms with van der Waals surface area (Å²) in [6.45, 7) is 0. The van der Waals surface area contributed by atoms with Crippen LogP contribution in [0.4, 0.5) is 0 Å². The van der Waals surface area contributed by atoms with E-state index in [4.69, 9.17) is 30.5 Å². The van der Waals surface area contributed by atoms with Crippen LogP contribution < -0.4 is 18.9 Å². The molecule has 0 atom stereocenters. The molecule has 0 heterocycles. The summed E-state index contributed by atoms with van der Waals surface area (Å²) in [5, 5.41) is 0. The molecule has 0 amide bonds. The fraction of sp³-hybridized carbons (Fsp3) is 0.250. The van der Waals surface area contributed by atoms with Crippen LogP contribution in [0.5, 0.6) is 28.7 Å². The van der Waals surface area contributed by atoms with Gasteiger partial charge in [-0.25, -0.2) is 0 Å². The van der Waals surface area contributed by atoms with Gasteiger partial charge in [-0.15, -0.1) is 11.6 Å². The summed E-state index contributed by atoms with van der Waals surface area (Å²) in [4.78, 5) is 0. The summed E-state index contributed by atoms with van der Waals surface area (Å²) in [5.41, 5.74) is 0.834. The Bertz CT molecular complexity index is 591. The second kappa shape index (κ2) is 7.09. The quantitative estimate of drug-likeness (QED) is 0.748. The molecule has 0 aromatic heterocycles. The van der Waals surface area contributed by atoms with E-state index in [-0.39, 0.29) is 0 Å². The molecule has 0 aliphatic rings. The standard InChI is InChI=1S/C16H17ClO4/c1-18-12-7-4-6-11(10-17)15(12)21-14-9-5-8-13(19-2)16(14)20-3/h4-9H,10H2,1-3H3. The lowest BCUT2D eigenvalue weighted by Gasteiger charge is -2.16. The third-order valence-electron chi connectivity index (χ3n) is 3.00. The van der Waals surface area contributed by atoms with Crippen molar-refractivity contribution in [2.24, 2.45) is 0 Å². The highest BCUT2D eigenvalue weighted by atomic mass is 35.5. The lowest BCUT2D eigenvalue weighted by atomic mass is 10.2. The second-order valence-electron chi connectivity index (χ2n) is 4.18. The van der Waals surface area contributed by atoms with Gasteiger partial charge in [0.05, 0.1) is 27.2 Å². The molecule has 0 aliphatic carbocycles. The highest BCUT2D eigenvalue weighted by Gasteiger charge is 2.16. The SMILES string of the molecule is COc1cccc(CCl)c1Oc1cccc(OC)c1OC. The molecule has 112 valence electrons. The van der Waals surface area contributed by atoms with Crippen LogP contribution in [0.1, 0.15) is 5.56 Å². The van der Waals surface area contributed by atoms with E-state index in [2.05, 4.69) is 0 Å². The van der Waals surface area contributed by atoms with E-state index in [0.29, 0.717) is 34.6 Å². The second-order valence-corrected chi connectivity index (χ2v) is 4.44. The van der Waals surface area contributed by atoms with Gasteiger partial charge in [-0.05, 0) is 18.2 Å². The number of alkyl halides is 1. The lowest BCUT2D eigenvalue weighted by Crippen LogP contribution is -1.97. The molecule has 2 aromatic rings. The fourth-order valence-corrected chi connectivity index (χ4v) is 2.20. The Kier molecular flexibility index (Phi) is 5.17. The van der Waals surface area contributed by atoms with E-state index >= 15 is 0 Å². The molecule has 0 N–H and O–H groups in total. The molecule has 5 heteroatoms. The van der Waals surface area contributed by atoms with Crippen LogP contribution in [0.25, 0.3) is 0 Å². The Labute approximate surface area is 129 Å². The molecule has 0 radical (unpaired) electrons. The summed E-state index contributed by atoms with van der Waals surface area (Å²) < 4.78 is 21.9. The summed E-state index contributed by atoms with van der Waals surface area (Å²) in [7, 11) is 4.73. The molecule has 21 heavy (non-hydrogen) atoms. The number of hydrogen-bond acceptors (Lipinski definition) is 4. The Morgan fingerprint density at radius 1 is 0.762 bits per heavy atom. The zero-order valence-corrected chi connectivity index (χ0v) is 12.9. The molecule has 0 bridgehead atoms. The van der Waals surface area contributed by atoms with Gasteiger partial charge < -0.3 is 18.9 Å². The van der Waals surface area contributed by atoms with Gasteiger partial charge >= 0.3 is 0 Å². The van der Waals surface area contributed by atoms with Crippen molar-refractivity contribution in [3.05, 3.63) is 42.0 Å². The zero-order chi connectivity index (χ0) is 15.2. The average Bonchev–Trinajstić information content (AvgIpc) is 2.54. The third-order valence-corrected chi connectivity index (χ3v) is 3.29. The Hall–Kier alpha value is -2.07. The maximum atomic E-state index is 5.97. The van der Waals surface area contributed by atoms with E-state index in [1.54, 1.807) is 33.5 Å². The minimum atomic E-state index is 0.318. The summed E-state index contributed by atoms with van der Waals surface area (Å²) in [5.74, 6) is 3.15. The molecule has 2 rings (SSSR count). The molecular weight excluding hydrogens is 292 g/mol. The van der Waals surface area contributed by atoms with Crippen LogP contribution in [-0.2, 0) is 5.88 Å². The minimum Gasteiger partial charge on any atom is -0.493 e. The molecule has 0 saturated heterocycles. The first-order valence-electron chi connectivity index (χ1n) is 6.35. The number of para-hydroxylation sites is 2. The van der Waals surface area contributed by atoms with E-state index < -0.39 is 0 Å². The van der Waals surface area contributed by atoms with Crippen LogP contribution in [0, 0.1) is 0 Å². The number of benzene rings is 2. The van der Waals surface area contributed by atoms with Gasteiger partial charge in [-0.1, -0.05) is 18.2 Å². The van der Waals surface area contributed by atoms with Crippen molar-refractivity contribution in [3.63, 3.8) is 0 Å². The van der Waals surface area contributed by atoms with Crippen LogP contribution in [0.2, 0.25) is 0 Å². The number of hydrogen-bond donors (Lipinski definition) is 0. The van der Waals surface area contributed by atoms with Gasteiger partial charge in [0.1, 0.15) is 0 Å². The first kappa shape index (κ1) is 15.3. The zero-order valence-electron chi connectivity index (χ0n) is 12.2. The molecule has 0 saturated carbocycles. The van der Waals surface area contributed by atoms with Crippen molar-refractivity contribution >= 4 is 11.6 Å². The molecule has 4 nitrogen and oxygen atoms in total. The number of halogens is 1. The van der Waals surface area contributed by atoms with Gasteiger partial charge in [0, 0.05) is 5.56 Å². The Morgan fingerprint density at radius 2 is 1.33 bits per heavy atom. The van der Waals surface area contributed by atoms with Gasteiger partial charge in [0.25, 0.3) is 0 Å². The van der Waals surface area contributed by atoms with E-state index in [0.717, 1.165) is 5.56 Å². The van der Waals surface area contributed by atoms with Crippen molar-refractivity contribution in [2.75, 3.05) is 21.3 Å². The smallest absolute Gasteiger partial charge is 0.203 e. The molecule has 0 fully saturated rings. The van der Waals surface area contributed by atoms with Crippen molar-refractivity contribution < 1.29 is 18.9 Å². The summed E-state index contributed by atoms with van der Waals surface area (Å²) in [6, 6.07) is 11.0. The monoisotopic (exact) mass is 308 g/mol. The summed E-state index contributed by atoms with van der Waals surface area (Å²) in [6.07, 6.45) is 0. The Morgan fingerprint density at radius 3 is 1.90 bits per heavy atom. The van der Waals surface area contributed by atoms with Gasteiger partial charge in [-0.3, -0.25) is 0 Å². The van der Waals surface area contributed by atoms with Crippen molar-refractivity contribution in [1.82, 2.24) is 0 Å². The normalized spacial score (nSPS) is 10.1. The van der Waals surface area contributed by atoms with Gasteiger partial charge in [0.15, 0.2) is 23.0 Å². The number of methoxy groups -OCH3 is 3. The van der Waals surface area contributed by atoms with Crippen LogP contribution in [0.3, 0.4) is 0 Å². The largest absolute Gasteiger partial charge is 0.493 e. The van der Waals surface area contributed by atoms with Gasteiger partial charge in [0.2, 0.25) is 5.75 Å². The first-order valence-corrected chi connectivity index (χ1v) is 6.89. The summed E-state index contributed by atoms with van der Waals surface area (Å²) >= 11 is 5.97. The van der Waals surface area contributed by atoms with Crippen molar-refractivity contribution in [3.8, 4) is 28.7 Å². The maximum absolute atomic E-state index is 5.97. The molecule has 2 aromatic carbocycles. The van der Waals surface area contributed by atoms with Crippen molar-refractivity contribution in [2.45, 2.75) is 5.88 Å². The van der Waals surface area contributed by atoms with E-state index in [1.807, 2.05) is 24.3 Å². The highest BCUT2D eigenvalue weighted by molar-refractivity contribution is 6.17. The van der Waals surface area contributed by atoms with Crippen molar-refractivity contribution in [1.29, 1.82) is 0 Å². The van der Waals surface area contributed by atoms with Gasteiger partial charge in [-0.2, -0.15) is 0 Å². The molecule has 0 aliphatic heterocycles. The van der Waals surface area contributed by atoms with Crippen LogP contribution in [-0.4, -0.2) is 21.3 Å².